The van der Waals surface area contributed by atoms with Gasteiger partial charge in [0.05, 0.1) is 17.9 Å². The zero-order valence-electron chi connectivity index (χ0n) is 39.2. The van der Waals surface area contributed by atoms with Gasteiger partial charge in [0, 0.05) is 34.4 Å². The number of nitrogens with one attached hydrogen (secondary N) is 2. The average Bonchev–Trinajstić information content (AvgIpc) is 3.52. The number of carbonyl (C=O) groups is 5. The second-order valence-electron chi connectivity index (χ2n) is 22.9. The summed E-state index contributed by atoms with van der Waals surface area (Å²) >= 11 is 6.03. The van der Waals surface area contributed by atoms with Crippen molar-refractivity contribution in [2.24, 2.45) is 73.7 Å². The van der Waals surface area contributed by atoms with Gasteiger partial charge in [-0.1, -0.05) is 79.5 Å². The molecule has 0 spiro atoms. The quantitative estimate of drug-likeness (QED) is 0.122. The van der Waals surface area contributed by atoms with Crippen LogP contribution in [0.25, 0.3) is 0 Å². The van der Waals surface area contributed by atoms with E-state index >= 15 is 0 Å². The van der Waals surface area contributed by atoms with E-state index in [-0.39, 0.29) is 64.3 Å². The SMILES string of the molecule is CC(C)C1=C2[C@H]3CC[C@@H]4[C@@]5(C)CC[C@H](OC(=O)[C@H]6C[C@@H](C(=O)O)C6(C)C)C(C)(C)[C@@H]5CC[C@@]4(C)[C@]3(C)CC[C@@]2([C@@H](O)CNC(=O)C(CCCN)NC(=O)c2ccc(Cl)cc2)CC1=O. The van der Waals surface area contributed by atoms with E-state index in [1.165, 1.54) is 0 Å². The van der Waals surface area contributed by atoms with Crippen molar-refractivity contribution in [3.05, 3.63) is 46.0 Å². The maximum atomic E-state index is 14.3. The Morgan fingerprint density at radius 3 is 2.17 bits per heavy atom. The van der Waals surface area contributed by atoms with Gasteiger partial charge in [-0.05, 0) is 152 Å². The van der Waals surface area contributed by atoms with Gasteiger partial charge in [-0.2, -0.15) is 0 Å². The molecule has 7 rings (SSSR count). The van der Waals surface area contributed by atoms with Crippen molar-refractivity contribution in [1.82, 2.24) is 10.6 Å². The lowest BCUT2D eigenvalue weighted by molar-refractivity contribution is -0.238. The van der Waals surface area contributed by atoms with E-state index in [0.29, 0.717) is 54.6 Å². The molecule has 63 heavy (non-hydrogen) atoms. The number of esters is 1. The van der Waals surface area contributed by atoms with Crippen LogP contribution >= 0.6 is 11.6 Å². The average molecular weight is 893 g/mol. The zero-order chi connectivity index (χ0) is 46.2. The Balaban J connectivity index is 1.10. The molecule has 0 aliphatic heterocycles. The number of ketones is 1. The Bertz CT molecular complexity index is 2030. The molecule has 6 N–H and O–H groups in total. The summed E-state index contributed by atoms with van der Waals surface area (Å²) in [6, 6.07) is 5.60. The predicted octanol–water partition coefficient (Wildman–Crippen LogP) is 8.29. The number of aliphatic hydroxyl groups is 1. The fourth-order valence-corrected chi connectivity index (χ4v) is 15.3. The number of aliphatic carboxylic acids is 1. The summed E-state index contributed by atoms with van der Waals surface area (Å²) in [5, 5.41) is 28.4. The third kappa shape index (κ3) is 7.59. The van der Waals surface area contributed by atoms with Crippen LogP contribution in [0, 0.1) is 68.0 Å². The van der Waals surface area contributed by atoms with Gasteiger partial charge in [0.15, 0.2) is 5.78 Å². The summed E-state index contributed by atoms with van der Waals surface area (Å²) < 4.78 is 6.42. The molecule has 0 radical (unpaired) electrons. The molecule has 1 unspecified atom stereocenters. The highest BCUT2D eigenvalue weighted by molar-refractivity contribution is 6.30. The van der Waals surface area contributed by atoms with Crippen LogP contribution in [0.1, 0.15) is 150 Å². The molecule has 6 aliphatic carbocycles. The summed E-state index contributed by atoms with van der Waals surface area (Å²) in [6.07, 6.45) is 7.30. The number of allylic oxidation sites excluding steroid dienone is 1. The number of aliphatic hydroxyl groups excluding tert-OH is 1. The zero-order valence-corrected chi connectivity index (χ0v) is 40.0. The molecule has 0 bridgehead atoms. The highest BCUT2D eigenvalue weighted by atomic mass is 35.5. The molecule has 5 fully saturated rings. The van der Waals surface area contributed by atoms with Gasteiger partial charge in [-0.3, -0.25) is 24.0 Å². The molecule has 5 saturated carbocycles. The van der Waals surface area contributed by atoms with E-state index in [9.17, 15) is 34.2 Å². The van der Waals surface area contributed by atoms with E-state index in [0.717, 1.165) is 56.1 Å². The van der Waals surface area contributed by atoms with Crippen LogP contribution in [0.3, 0.4) is 0 Å². The predicted molar refractivity (Wildman–Crippen MR) is 242 cm³/mol. The minimum atomic E-state index is -0.999. The van der Waals surface area contributed by atoms with E-state index in [1.807, 2.05) is 13.8 Å². The second-order valence-corrected chi connectivity index (χ2v) is 23.3. The Morgan fingerprint density at radius 2 is 1.56 bits per heavy atom. The number of Topliss-reactive ketones (excluding diaryl/α,β-unsaturated/α-hetero) is 1. The molecule has 0 heterocycles. The molecule has 12 atom stereocenters. The first-order valence-corrected chi connectivity index (χ1v) is 24.2. The topological polar surface area (TPSA) is 185 Å². The number of halogens is 1. The number of hydrogen-bond acceptors (Lipinski definition) is 8. The molecular formula is C51H74ClN3O8. The maximum Gasteiger partial charge on any atom is 0.309 e. The van der Waals surface area contributed by atoms with Crippen LogP contribution in [0.4, 0.5) is 0 Å². The molecule has 12 heteroatoms. The summed E-state index contributed by atoms with van der Waals surface area (Å²) in [6.45, 7) is 20.3. The third-order valence-electron chi connectivity index (χ3n) is 19.1. The van der Waals surface area contributed by atoms with Crippen molar-refractivity contribution in [3.8, 4) is 0 Å². The number of amides is 2. The van der Waals surface area contributed by atoms with Crippen molar-refractivity contribution in [3.63, 3.8) is 0 Å². The van der Waals surface area contributed by atoms with E-state index in [1.54, 1.807) is 24.3 Å². The fraction of sp³-hybridized carbons (Fsp3) is 0.745. The number of nitrogens with two attached hydrogens (primary N) is 1. The molecule has 0 saturated heterocycles. The van der Waals surface area contributed by atoms with Gasteiger partial charge in [0.2, 0.25) is 5.91 Å². The standard InChI is InChI=1S/C51H74ClN3O8/c1-28(2)40-35(56)26-51(38(57)27-54-43(59)34(11-10-24-53)55-42(58)29-12-14-30(52)15-13-29)23-22-49(8)31(41(40)51)16-17-37-48(7)20-19-39(47(5,6)36(48)18-21-50(37,49)9)63-45(62)33-25-32(44(60)61)46(33,3)4/h12-15,28,31-34,36-39,57H,10-11,16-27,53H2,1-9H3,(H,54,59)(H,55,58)(H,60,61)/t31-,32+,33-,34?,36+,37-,38+,39+,48+,49-,50-,51+/m1/s1. The molecule has 348 valence electrons. The van der Waals surface area contributed by atoms with Crippen molar-refractivity contribution in [2.75, 3.05) is 13.1 Å². The molecular weight excluding hydrogens is 818 g/mol. The van der Waals surface area contributed by atoms with E-state index in [4.69, 9.17) is 22.1 Å². The number of benzene rings is 1. The van der Waals surface area contributed by atoms with Crippen molar-refractivity contribution in [2.45, 2.75) is 158 Å². The van der Waals surface area contributed by atoms with E-state index < -0.39 is 52.6 Å². The molecule has 1 aromatic carbocycles. The lowest BCUT2D eigenvalue weighted by atomic mass is 9.33. The molecule has 0 aromatic heterocycles. The number of carboxylic acids is 1. The molecule has 11 nitrogen and oxygen atoms in total. The smallest absolute Gasteiger partial charge is 0.309 e. The lowest BCUT2D eigenvalue weighted by Gasteiger charge is -2.72. The van der Waals surface area contributed by atoms with Crippen LogP contribution in [0.5, 0.6) is 0 Å². The lowest BCUT2D eigenvalue weighted by Crippen LogP contribution is -2.66. The highest BCUT2D eigenvalue weighted by Gasteiger charge is 2.71. The van der Waals surface area contributed by atoms with Crippen molar-refractivity contribution in [1.29, 1.82) is 0 Å². The van der Waals surface area contributed by atoms with Crippen LogP contribution in [0.2, 0.25) is 5.02 Å². The number of hydrogen-bond donors (Lipinski definition) is 5. The first-order valence-electron chi connectivity index (χ1n) is 23.8. The van der Waals surface area contributed by atoms with Gasteiger partial charge >= 0.3 is 11.9 Å². The second kappa shape index (κ2) is 16.9. The Hall–Kier alpha value is -3.28. The minimum absolute atomic E-state index is 0.0000354. The van der Waals surface area contributed by atoms with E-state index in [2.05, 4.69) is 59.1 Å². The number of fused-ring (bicyclic) bond motifs is 7. The Morgan fingerprint density at radius 1 is 0.873 bits per heavy atom. The summed E-state index contributed by atoms with van der Waals surface area (Å²) in [5.41, 5.74) is 6.29. The fourth-order valence-electron chi connectivity index (χ4n) is 15.2. The summed E-state index contributed by atoms with van der Waals surface area (Å²) in [5.74, 6) is -1.94. The molecule has 6 aliphatic rings. The van der Waals surface area contributed by atoms with Gasteiger partial charge in [-0.15, -0.1) is 0 Å². The monoisotopic (exact) mass is 892 g/mol. The number of carbonyl (C=O) groups excluding carboxylic acids is 4. The first kappa shape index (κ1) is 47.7. The maximum absolute atomic E-state index is 14.3. The summed E-state index contributed by atoms with van der Waals surface area (Å²) in [4.78, 5) is 66.7. The summed E-state index contributed by atoms with van der Waals surface area (Å²) in [7, 11) is 0. The highest BCUT2D eigenvalue weighted by Crippen LogP contribution is 2.77. The van der Waals surface area contributed by atoms with Crippen molar-refractivity contribution >= 4 is 41.1 Å². The Labute approximate surface area is 379 Å². The number of rotatable bonds is 13. The molecule has 1 aromatic rings. The van der Waals surface area contributed by atoms with Crippen LogP contribution < -0.4 is 16.4 Å². The largest absolute Gasteiger partial charge is 0.481 e. The van der Waals surface area contributed by atoms with Crippen molar-refractivity contribution < 1.29 is 38.9 Å². The van der Waals surface area contributed by atoms with Gasteiger partial charge in [0.25, 0.3) is 5.91 Å². The van der Waals surface area contributed by atoms with Gasteiger partial charge in [0.1, 0.15) is 12.1 Å². The van der Waals surface area contributed by atoms with Gasteiger partial charge in [-0.25, -0.2) is 0 Å². The third-order valence-corrected chi connectivity index (χ3v) is 19.3. The van der Waals surface area contributed by atoms with Gasteiger partial charge < -0.3 is 31.3 Å². The number of carboxylic acid groups (broad SMARTS) is 1. The van der Waals surface area contributed by atoms with Crippen LogP contribution in [-0.4, -0.2) is 71.1 Å². The normalized spacial score (nSPS) is 37.3. The van der Waals surface area contributed by atoms with Crippen LogP contribution in [0.15, 0.2) is 35.4 Å². The Kier molecular flexibility index (Phi) is 12.8. The molecule has 2 amide bonds. The van der Waals surface area contributed by atoms with Crippen LogP contribution in [-0.2, 0) is 23.9 Å². The first-order chi connectivity index (χ1) is 29.4. The minimum Gasteiger partial charge on any atom is -0.481 e. The number of ether oxygens (including phenoxy) is 1.